The standard InChI is InChI=1S/C12H21BrN2O2S2/c1-9(2)7-10(8-15(3)4)14-19(16,17)12-6-5-11(13)18-12/h5-6,9-10,14H,7-8H2,1-4H3. The molecule has 0 aromatic carbocycles. The molecule has 1 aromatic rings. The Kier molecular flexibility index (Phi) is 6.46. The van der Waals surface area contributed by atoms with E-state index in [2.05, 4.69) is 34.5 Å². The van der Waals surface area contributed by atoms with E-state index in [9.17, 15) is 8.42 Å². The average molecular weight is 369 g/mol. The summed E-state index contributed by atoms with van der Waals surface area (Å²) >= 11 is 4.52. The molecule has 0 spiro atoms. The maximum absolute atomic E-state index is 12.3. The Morgan fingerprint density at radius 1 is 1.37 bits per heavy atom. The Balaban J connectivity index is 2.82. The second-order valence-corrected chi connectivity index (χ2v) is 9.67. The predicted octanol–water partition coefficient (Wildman–Crippen LogP) is 2.77. The monoisotopic (exact) mass is 368 g/mol. The summed E-state index contributed by atoms with van der Waals surface area (Å²) in [5.41, 5.74) is 0. The molecule has 4 nitrogen and oxygen atoms in total. The fraction of sp³-hybridized carbons (Fsp3) is 0.667. The molecule has 0 aliphatic heterocycles. The van der Waals surface area contributed by atoms with Crippen molar-refractivity contribution < 1.29 is 8.42 Å². The van der Waals surface area contributed by atoms with Crippen LogP contribution >= 0.6 is 27.3 Å². The number of nitrogens with zero attached hydrogens (tertiary/aromatic N) is 1. The van der Waals surface area contributed by atoms with Crippen molar-refractivity contribution in [3.05, 3.63) is 15.9 Å². The van der Waals surface area contributed by atoms with Gasteiger partial charge in [0.15, 0.2) is 0 Å². The number of hydrogen-bond donors (Lipinski definition) is 1. The molecule has 0 saturated heterocycles. The second-order valence-electron chi connectivity index (χ2n) is 5.27. The molecular weight excluding hydrogens is 348 g/mol. The zero-order chi connectivity index (χ0) is 14.6. The Bertz CT molecular complexity index is 488. The lowest BCUT2D eigenvalue weighted by atomic mass is 10.0. The third kappa shape index (κ3) is 5.91. The lowest BCUT2D eigenvalue weighted by Crippen LogP contribution is -2.42. The number of sulfonamides is 1. The summed E-state index contributed by atoms with van der Waals surface area (Å²) in [4.78, 5) is 2.00. The van der Waals surface area contributed by atoms with Crippen LogP contribution in [0.5, 0.6) is 0 Å². The maximum Gasteiger partial charge on any atom is 0.250 e. The zero-order valence-electron chi connectivity index (χ0n) is 11.7. The lowest BCUT2D eigenvalue weighted by molar-refractivity contribution is 0.329. The third-order valence-corrected chi connectivity index (χ3v) is 6.11. The maximum atomic E-state index is 12.3. The molecule has 0 fully saturated rings. The summed E-state index contributed by atoms with van der Waals surface area (Å²) in [5.74, 6) is 0.447. The number of rotatable bonds is 7. The van der Waals surface area contributed by atoms with Crippen LogP contribution in [-0.2, 0) is 10.0 Å². The topological polar surface area (TPSA) is 49.4 Å². The third-order valence-electron chi connectivity index (χ3n) is 2.48. The second kappa shape index (κ2) is 7.17. The van der Waals surface area contributed by atoms with Crippen molar-refractivity contribution in [1.82, 2.24) is 9.62 Å². The van der Waals surface area contributed by atoms with E-state index in [1.807, 2.05) is 19.0 Å². The van der Waals surface area contributed by atoms with Crippen LogP contribution in [0, 0.1) is 5.92 Å². The van der Waals surface area contributed by atoms with Crippen LogP contribution in [-0.4, -0.2) is 40.0 Å². The highest BCUT2D eigenvalue weighted by atomic mass is 79.9. The minimum absolute atomic E-state index is 0.0686. The molecule has 0 aliphatic carbocycles. The van der Waals surface area contributed by atoms with Crippen molar-refractivity contribution in [3.8, 4) is 0 Å². The number of nitrogens with one attached hydrogen (secondary N) is 1. The first-order valence-electron chi connectivity index (χ1n) is 6.13. The quantitative estimate of drug-likeness (QED) is 0.804. The zero-order valence-corrected chi connectivity index (χ0v) is 14.9. The Hall–Kier alpha value is 0.0500. The Morgan fingerprint density at radius 3 is 2.42 bits per heavy atom. The molecule has 110 valence electrons. The molecule has 0 radical (unpaired) electrons. The summed E-state index contributed by atoms with van der Waals surface area (Å²) in [6, 6.07) is 3.31. The summed E-state index contributed by atoms with van der Waals surface area (Å²) in [6.07, 6.45) is 0.823. The molecule has 0 amide bonds. The Morgan fingerprint density at radius 2 is 2.00 bits per heavy atom. The highest BCUT2D eigenvalue weighted by Crippen LogP contribution is 2.26. The smallest absolute Gasteiger partial charge is 0.250 e. The number of likely N-dealkylation sites (N-methyl/N-ethyl adjacent to an activating group) is 1. The number of thiophene rings is 1. The first kappa shape index (κ1) is 17.1. The van der Waals surface area contributed by atoms with Crippen molar-refractivity contribution in [1.29, 1.82) is 0 Å². The first-order chi connectivity index (χ1) is 8.70. The van der Waals surface area contributed by atoms with Crippen LogP contribution in [0.3, 0.4) is 0 Å². The van der Waals surface area contributed by atoms with Gasteiger partial charge in [0, 0.05) is 12.6 Å². The molecule has 1 heterocycles. The van der Waals surface area contributed by atoms with Crippen molar-refractivity contribution in [2.45, 2.75) is 30.5 Å². The van der Waals surface area contributed by atoms with Gasteiger partial charge in [0.25, 0.3) is 0 Å². The fourth-order valence-electron chi connectivity index (χ4n) is 1.89. The van der Waals surface area contributed by atoms with Gasteiger partial charge in [-0.1, -0.05) is 13.8 Å². The molecule has 1 unspecified atom stereocenters. The van der Waals surface area contributed by atoms with Crippen LogP contribution in [0.1, 0.15) is 20.3 Å². The number of hydrogen-bond acceptors (Lipinski definition) is 4. The molecule has 19 heavy (non-hydrogen) atoms. The minimum Gasteiger partial charge on any atom is -0.308 e. The van der Waals surface area contributed by atoms with Gasteiger partial charge >= 0.3 is 0 Å². The SMILES string of the molecule is CC(C)CC(CN(C)C)NS(=O)(=O)c1ccc(Br)s1. The van der Waals surface area contributed by atoms with Crippen molar-refractivity contribution in [3.63, 3.8) is 0 Å². The van der Waals surface area contributed by atoms with E-state index in [4.69, 9.17) is 0 Å². The summed E-state index contributed by atoms with van der Waals surface area (Å²) in [5, 5.41) is 0. The van der Waals surface area contributed by atoms with Gasteiger partial charge in [-0.25, -0.2) is 13.1 Å². The van der Waals surface area contributed by atoms with Crippen molar-refractivity contribution in [2.24, 2.45) is 5.92 Å². The molecule has 1 rings (SSSR count). The largest absolute Gasteiger partial charge is 0.308 e. The summed E-state index contributed by atoms with van der Waals surface area (Å²) in [7, 11) is 0.477. The van der Waals surface area contributed by atoms with E-state index in [0.29, 0.717) is 16.7 Å². The van der Waals surface area contributed by atoms with Crippen LogP contribution in [0.25, 0.3) is 0 Å². The molecule has 7 heteroatoms. The molecule has 0 aliphatic rings. The van der Waals surface area contributed by atoms with Crippen LogP contribution < -0.4 is 4.72 Å². The molecule has 1 N–H and O–H groups in total. The van der Waals surface area contributed by atoms with Crippen LogP contribution in [0.2, 0.25) is 0 Å². The van der Waals surface area contributed by atoms with E-state index in [0.717, 1.165) is 10.2 Å². The summed E-state index contributed by atoms with van der Waals surface area (Å²) < 4.78 is 28.5. The highest BCUT2D eigenvalue weighted by Gasteiger charge is 2.22. The molecular formula is C12H21BrN2O2S2. The Labute approximate surface area is 128 Å². The van der Waals surface area contributed by atoms with Gasteiger partial charge in [-0.3, -0.25) is 0 Å². The van der Waals surface area contributed by atoms with Gasteiger partial charge in [0.05, 0.1) is 3.79 Å². The van der Waals surface area contributed by atoms with Gasteiger partial charge in [-0.2, -0.15) is 0 Å². The van der Waals surface area contributed by atoms with Crippen LogP contribution in [0.15, 0.2) is 20.1 Å². The van der Waals surface area contributed by atoms with E-state index in [1.165, 1.54) is 11.3 Å². The predicted molar refractivity (Wildman–Crippen MR) is 84.1 cm³/mol. The van der Waals surface area contributed by atoms with Gasteiger partial charge < -0.3 is 4.90 Å². The summed E-state index contributed by atoms with van der Waals surface area (Å²) in [6.45, 7) is 4.89. The van der Waals surface area contributed by atoms with Gasteiger partial charge in [-0.05, 0) is 54.5 Å². The number of halogens is 1. The normalized spacial score (nSPS) is 14.3. The lowest BCUT2D eigenvalue weighted by Gasteiger charge is -2.23. The molecule has 0 saturated carbocycles. The van der Waals surface area contributed by atoms with E-state index in [-0.39, 0.29) is 6.04 Å². The minimum atomic E-state index is -3.42. The molecule has 0 bridgehead atoms. The van der Waals surface area contributed by atoms with E-state index < -0.39 is 10.0 Å². The van der Waals surface area contributed by atoms with E-state index in [1.54, 1.807) is 12.1 Å². The van der Waals surface area contributed by atoms with Gasteiger partial charge in [0.2, 0.25) is 10.0 Å². The average Bonchev–Trinajstić information content (AvgIpc) is 2.62. The van der Waals surface area contributed by atoms with Crippen molar-refractivity contribution >= 4 is 37.3 Å². The fourth-order valence-corrected chi connectivity index (χ4v) is 5.16. The van der Waals surface area contributed by atoms with E-state index >= 15 is 0 Å². The van der Waals surface area contributed by atoms with Crippen LogP contribution in [0.4, 0.5) is 0 Å². The first-order valence-corrected chi connectivity index (χ1v) is 9.22. The van der Waals surface area contributed by atoms with Crippen molar-refractivity contribution in [2.75, 3.05) is 20.6 Å². The molecule has 1 aromatic heterocycles. The van der Waals surface area contributed by atoms with Gasteiger partial charge in [0.1, 0.15) is 4.21 Å². The van der Waals surface area contributed by atoms with Gasteiger partial charge in [-0.15, -0.1) is 11.3 Å². The molecule has 1 atom stereocenters. The highest BCUT2D eigenvalue weighted by molar-refractivity contribution is 9.11.